The molecule has 3 rings (SSSR count). The SMILES string of the molecule is CCOC(=O)c1ccc(O)c2ncc(-c3ccc(C(=N)N)cc3)cc12. The van der Waals surface area contributed by atoms with Gasteiger partial charge in [-0.25, -0.2) is 4.79 Å². The first-order chi connectivity index (χ1) is 12.0. The highest BCUT2D eigenvalue weighted by atomic mass is 16.5. The number of esters is 1. The van der Waals surface area contributed by atoms with Gasteiger partial charge >= 0.3 is 5.97 Å². The van der Waals surface area contributed by atoms with Gasteiger partial charge in [-0.2, -0.15) is 0 Å². The molecule has 0 bridgehead atoms. The molecule has 0 fully saturated rings. The molecule has 0 radical (unpaired) electrons. The van der Waals surface area contributed by atoms with Crippen LogP contribution < -0.4 is 5.73 Å². The standard InChI is InChI=1S/C19H17N3O3/c1-2-25-19(24)14-7-8-16(23)17-15(14)9-13(10-22-17)11-3-5-12(6-4-11)18(20)21/h3-10,23H,2H2,1H3,(H3,20,21). The lowest BCUT2D eigenvalue weighted by atomic mass is 10.0. The number of benzene rings is 2. The number of hydrogen-bond acceptors (Lipinski definition) is 5. The van der Waals surface area contributed by atoms with Crippen LogP contribution >= 0.6 is 0 Å². The highest BCUT2D eigenvalue weighted by Gasteiger charge is 2.15. The molecular formula is C19H17N3O3. The van der Waals surface area contributed by atoms with Gasteiger partial charge in [-0.1, -0.05) is 24.3 Å². The molecule has 0 spiro atoms. The van der Waals surface area contributed by atoms with Crippen molar-refractivity contribution in [2.45, 2.75) is 6.92 Å². The van der Waals surface area contributed by atoms with Crippen molar-refractivity contribution in [2.24, 2.45) is 5.73 Å². The number of aromatic nitrogens is 1. The minimum Gasteiger partial charge on any atom is -0.506 e. The van der Waals surface area contributed by atoms with Crippen LogP contribution in [-0.2, 0) is 4.74 Å². The van der Waals surface area contributed by atoms with Gasteiger partial charge in [0.25, 0.3) is 0 Å². The van der Waals surface area contributed by atoms with Crippen LogP contribution in [0.1, 0.15) is 22.8 Å². The molecular weight excluding hydrogens is 318 g/mol. The number of nitrogens with zero attached hydrogens (tertiary/aromatic N) is 1. The molecule has 6 nitrogen and oxygen atoms in total. The predicted octanol–water partition coefficient (Wildman–Crippen LogP) is 3.07. The van der Waals surface area contributed by atoms with Crippen LogP contribution in [0.15, 0.2) is 48.7 Å². The zero-order valence-corrected chi connectivity index (χ0v) is 13.6. The molecule has 6 heteroatoms. The first kappa shape index (κ1) is 16.4. The van der Waals surface area contributed by atoms with Crippen molar-refractivity contribution in [3.05, 3.63) is 59.8 Å². The summed E-state index contributed by atoms with van der Waals surface area (Å²) in [7, 11) is 0. The molecule has 25 heavy (non-hydrogen) atoms. The van der Waals surface area contributed by atoms with Crippen molar-refractivity contribution >= 4 is 22.7 Å². The maximum Gasteiger partial charge on any atom is 0.338 e. The van der Waals surface area contributed by atoms with Crippen molar-refractivity contribution in [1.82, 2.24) is 4.98 Å². The van der Waals surface area contributed by atoms with Gasteiger partial charge in [0, 0.05) is 22.7 Å². The smallest absolute Gasteiger partial charge is 0.338 e. The number of phenols is 1. The topological polar surface area (TPSA) is 109 Å². The zero-order chi connectivity index (χ0) is 18.0. The number of amidine groups is 1. The van der Waals surface area contributed by atoms with Crippen molar-refractivity contribution in [3.63, 3.8) is 0 Å². The Balaban J connectivity index is 2.13. The minimum absolute atomic E-state index is 0.00141. The summed E-state index contributed by atoms with van der Waals surface area (Å²) in [5, 5.41) is 18.0. The molecule has 0 saturated heterocycles. The quantitative estimate of drug-likeness (QED) is 0.386. The molecule has 0 aliphatic carbocycles. The monoisotopic (exact) mass is 335 g/mol. The van der Waals surface area contributed by atoms with Crippen LogP contribution in [-0.4, -0.2) is 28.5 Å². The minimum atomic E-state index is -0.460. The number of carbonyl (C=O) groups is 1. The van der Waals surface area contributed by atoms with Gasteiger partial charge in [-0.15, -0.1) is 0 Å². The van der Waals surface area contributed by atoms with Crippen LogP contribution in [0.5, 0.6) is 5.75 Å². The number of rotatable bonds is 4. The average Bonchev–Trinajstić information content (AvgIpc) is 2.62. The number of carbonyl (C=O) groups excluding carboxylic acids is 1. The molecule has 3 aromatic rings. The fourth-order valence-electron chi connectivity index (χ4n) is 2.59. The molecule has 1 aromatic heterocycles. The maximum atomic E-state index is 12.2. The van der Waals surface area contributed by atoms with Crippen LogP contribution in [0.3, 0.4) is 0 Å². The van der Waals surface area contributed by atoms with E-state index in [0.717, 1.165) is 11.1 Å². The van der Waals surface area contributed by atoms with Gasteiger partial charge in [-0.05, 0) is 30.7 Å². The van der Waals surface area contributed by atoms with Crippen LogP contribution in [0, 0.1) is 5.41 Å². The Morgan fingerprint density at radius 2 is 1.92 bits per heavy atom. The number of pyridine rings is 1. The molecule has 0 aliphatic rings. The molecule has 0 aliphatic heterocycles. The highest BCUT2D eigenvalue weighted by molar-refractivity contribution is 6.06. The summed E-state index contributed by atoms with van der Waals surface area (Å²) < 4.78 is 5.08. The summed E-state index contributed by atoms with van der Waals surface area (Å²) in [6.45, 7) is 2.00. The van der Waals surface area contributed by atoms with E-state index >= 15 is 0 Å². The van der Waals surface area contributed by atoms with E-state index in [1.165, 1.54) is 12.1 Å². The van der Waals surface area contributed by atoms with Gasteiger partial charge < -0.3 is 15.6 Å². The molecule has 126 valence electrons. The van der Waals surface area contributed by atoms with Crippen LogP contribution in [0.25, 0.3) is 22.0 Å². The van der Waals surface area contributed by atoms with E-state index in [1.807, 2.05) is 12.1 Å². The summed E-state index contributed by atoms with van der Waals surface area (Å²) in [5.74, 6) is -0.461. The van der Waals surface area contributed by atoms with E-state index in [9.17, 15) is 9.90 Å². The number of nitrogens with two attached hydrogens (primary N) is 1. The summed E-state index contributed by atoms with van der Waals surface area (Å²) in [6, 6.07) is 11.9. The molecule has 1 heterocycles. The van der Waals surface area contributed by atoms with E-state index < -0.39 is 5.97 Å². The maximum absolute atomic E-state index is 12.2. The molecule has 0 atom stereocenters. The van der Waals surface area contributed by atoms with Crippen molar-refractivity contribution in [2.75, 3.05) is 6.61 Å². The highest BCUT2D eigenvalue weighted by Crippen LogP contribution is 2.30. The lowest BCUT2D eigenvalue weighted by molar-refractivity contribution is 0.0528. The molecule has 0 unspecified atom stereocenters. The van der Waals surface area contributed by atoms with E-state index in [1.54, 1.807) is 31.3 Å². The van der Waals surface area contributed by atoms with Gasteiger partial charge in [0.2, 0.25) is 0 Å². The third-order valence-corrected chi connectivity index (χ3v) is 3.85. The second kappa shape index (κ2) is 6.60. The summed E-state index contributed by atoms with van der Waals surface area (Å²) >= 11 is 0. The van der Waals surface area contributed by atoms with Crippen LogP contribution in [0.2, 0.25) is 0 Å². The second-order valence-corrected chi connectivity index (χ2v) is 5.46. The van der Waals surface area contributed by atoms with Gasteiger partial charge in [0.1, 0.15) is 17.1 Å². The molecule has 4 N–H and O–H groups in total. The number of aromatic hydroxyl groups is 1. The van der Waals surface area contributed by atoms with Crippen molar-refractivity contribution in [1.29, 1.82) is 5.41 Å². The summed E-state index contributed by atoms with van der Waals surface area (Å²) in [5.41, 5.74) is 8.42. The number of fused-ring (bicyclic) bond motifs is 1. The van der Waals surface area contributed by atoms with E-state index in [-0.39, 0.29) is 18.2 Å². The van der Waals surface area contributed by atoms with Gasteiger partial charge in [-0.3, -0.25) is 10.4 Å². The normalized spacial score (nSPS) is 10.6. The first-order valence-electron chi connectivity index (χ1n) is 7.75. The average molecular weight is 335 g/mol. The molecule has 2 aromatic carbocycles. The third-order valence-electron chi connectivity index (χ3n) is 3.85. The number of hydrogen-bond donors (Lipinski definition) is 3. The summed E-state index contributed by atoms with van der Waals surface area (Å²) in [4.78, 5) is 16.5. The van der Waals surface area contributed by atoms with Gasteiger partial charge in [0.05, 0.1) is 12.2 Å². The number of ether oxygens (including phenoxy) is 1. The van der Waals surface area contributed by atoms with Gasteiger partial charge in [0.15, 0.2) is 0 Å². The Labute approximate surface area is 144 Å². The van der Waals surface area contributed by atoms with Crippen LogP contribution in [0.4, 0.5) is 0 Å². The number of nitrogen functional groups attached to an aromatic ring is 1. The predicted molar refractivity (Wildman–Crippen MR) is 95.8 cm³/mol. The summed E-state index contributed by atoms with van der Waals surface area (Å²) in [6.07, 6.45) is 1.62. The van der Waals surface area contributed by atoms with E-state index in [2.05, 4.69) is 4.98 Å². The Morgan fingerprint density at radius 3 is 2.56 bits per heavy atom. The Hall–Kier alpha value is -3.41. The zero-order valence-electron chi connectivity index (χ0n) is 13.6. The number of nitrogens with one attached hydrogen (secondary N) is 1. The largest absolute Gasteiger partial charge is 0.506 e. The second-order valence-electron chi connectivity index (χ2n) is 5.46. The van der Waals surface area contributed by atoms with Crippen molar-refractivity contribution < 1.29 is 14.6 Å². The number of phenolic OH excluding ortho intramolecular Hbond substituents is 1. The lowest BCUT2D eigenvalue weighted by Gasteiger charge is -2.09. The third kappa shape index (κ3) is 3.14. The molecule has 0 saturated carbocycles. The Bertz CT molecular complexity index is 966. The Morgan fingerprint density at radius 1 is 1.20 bits per heavy atom. The Kier molecular flexibility index (Phi) is 4.35. The lowest BCUT2D eigenvalue weighted by Crippen LogP contribution is -2.10. The van der Waals surface area contributed by atoms with Crippen molar-refractivity contribution in [3.8, 4) is 16.9 Å². The van der Waals surface area contributed by atoms with E-state index in [0.29, 0.717) is 22.0 Å². The van der Waals surface area contributed by atoms with E-state index in [4.69, 9.17) is 15.9 Å². The fraction of sp³-hybridized carbons (Fsp3) is 0.105. The first-order valence-corrected chi connectivity index (χ1v) is 7.75. The molecule has 0 amide bonds. The fourth-order valence-corrected chi connectivity index (χ4v) is 2.59.